The number of hydrogen-bond acceptors (Lipinski definition) is 4. The molecule has 0 N–H and O–H groups in total. The van der Waals surface area contributed by atoms with Crippen LogP contribution in [0.5, 0.6) is 0 Å². The number of aromatic nitrogens is 3. The molecule has 0 unspecified atom stereocenters. The molecule has 27 heavy (non-hydrogen) atoms. The molecule has 0 aliphatic carbocycles. The van der Waals surface area contributed by atoms with Crippen molar-refractivity contribution in [3.05, 3.63) is 96.7 Å². The average molecular weight is 355 g/mol. The average Bonchev–Trinajstić information content (AvgIpc) is 3.26. The number of fused-ring (bicyclic) bond motifs is 1. The number of imidazole rings is 1. The summed E-state index contributed by atoms with van der Waals surface area (Å²) in [6.45, 7) is 0.179. The number of benzene rings is 2. The lowest BCUT2D eigenvalue weighted by molar-refractivity contribution is -0.138. The number of rotatable bonds is 5. The zero-order chi connectivity index (χ0) is 18.5. The van der Waals surface area contributed by atoms with E-state index in [4.69, 9.17) is 4.74 Å². The fourth-order valence-electron chi connectivity index (χ4n) is 2.73. The lowest BCUT2D eigenvalue weighted by atomic mass is 10.1. The molecular formula is C22H17N3O2. The number of ether oxygens (including phenoxy) is 1. The first kappa shape index (κ1) is 16.7. The highest BCUT2D eigenvalue weighted by atomic mass is 16.5. The van der Waals surface area contributed by atoms with Crippen LogP contribution in [0.25, 0.3) is 22.7 Å². The fraction of sp³-hybridized carbons (Fsp3) is 0.0455. The third kappa shape index (κ3) is 4.10. The molecule has 2 heterocycles. The predicted molar refractivity (Wildman–Crippen MR) is 104 cm³/mol. The van der Waals surface area contributed by atoms with E-state index in [1.165, 1.54) is 11.5 Å². The highest BCUT2D eigenvalue weighted by Crippen LogP contribution is 2.16. The van der Waals surface area contributed by atoms with Crippen LogP contribution in [0, 0.1) is 0 Å². The summed E-state index contributed by atoms with van der Waals surface area (Å²) in [6, 6.07) is 17.9. The van der Waals surface area contributed by atoms with Gasteiger partial charge in [-0.3, -0.25) is 4.57 Å². The lowest BCUT2D eigenvalue weighted by Crippen LogP contribution is -2.02. The minimum Gasteiger partial charge on any atom is -0.458 e. The summed E-state index contributed by atoms with van der Waals surface area (Å²) in [7, 11) is 0. The summed E-state index contributed by atoms with van der Waals surface area (Å²) < 4.78 is 7.09. The Balaban J connectivity index is 1.35. The van der Waals surface area contributed by atoms with Crippen molar-refractivity contribution in [3.8, 4) is 5.82 Å². The van der Waals surface area contributed by atoms with E-state index in [1.54, 1.807) is 24.8 Å². The van der Waals surface area contributed by atoms with Gasteiger partial charge in [0.15, 0.2) is 0 Å². The minimum absolute atomic E-state index is 0.179. The van der Waals surface area contributed by atoms with Gasteiger partial charge in [-0.25, -0.2) is 14.8 Å². The van der Waals surface area contributed by atoms with Crippen molar-refractivity contribution in [1.82, 2.24) is 14.5 Å². The molecule has 0 spiro atoms. The van der Waals surface area contributed by atoms with Gasteiger partial charge in [0, 0.05) is 30.2 Å². The minimum atomic E-state index is -0.387. The summed E-state index contributed by atoms with van der Waals surface area (Å²) in [5.41, 5.74) is 1.78. The Kier molecular flexibility index (Phi) is 4.74. The molecule has 2 aromatic carbocycles. The smallest absolute Gasteiger partial charge is 0.331 e. The first-order valence-corrected chi connectivity index (χ1v) is 8.55. The maximum absolute atomic E-state index is 12.0. The maximum atomic E-state index is 12.0. The van der Waals surface area contributed by atoms with Crippen LogP contribution >= 0.6 is 0 Å². The summed E-state index contributed by atoms with van der Waals surface area (Å²) in [5.74, 6) is 0.376. The molecule has 0 radical (unpaired) electrons. The number of carbonyl (C=O) groups excluding carboxylic acids is 1. The fourth-order valence-corrected chi connectivity index (χ4v) is 2.73. The number of hydrogen-bond donors (Lipinski definition) is 0. The molecule has 0 saturated heterocycles. The third-order valence-electron chi connectivity index (χ3n) is 4.14. The zero-order valence-corrected chi connectivity index (χ0v) is 14.5. The Labute approximate surface area is 156 Å². The van der Waals surface area contributed by atoms with E-state index in [9.17, 15) is 4.79 Å². The number of pyridine rings is 1. The maximum Gasteiger partial charge on any atom is 0.331 e. The summed E-state index contributed by atoms with van der Waals surface area (Å²) in [6.07, 6.45) is 10.1. The SMILES string of the molecule is O=C(/C=C/c1ccc2ccccc2c1)OCc1ccc(-n2ccnc2)nc1. The zero-order valence-electron chi connectivity index (χ0n) is 14.5. The standard InChI is InChI=1S/C22H17N3O2/c26-22(10-7-17-5-8-19-3-1-2-4-20(19)13-17)27-15-18-6-9-21(24-14-18)25-12-11-23-16-25/h1-14,16H,15H2/b10-7+. The van der Waals surface area contributed by atoms with Gasteiger partial charge in [-0.1, -0.05) is 42.5 Å². The van der Waals surface area contributed by atoms with Gasteiger partial charge in [-0.2, -0.15) is 0 Å². The van der Waals surface area contributed by atoms with Gasteiger partial charge >= 0.3 is 5.97 Å². The van der Waals surface area contributed by atoms with Gasteiger partial charge in [0.1, 0.15) is 18.8 Å². The molecule has 0 aliphatic rings. The highest BCUT2D eigenvalue weighted by Gasteiger charge is 2.02. The topological polar surface area (TPSA) is 57.0 Å². The Morgan fingerprint density at radius 2 is 1.96 bits per heavy atom. The molecule has 4 aromatic rings. The van der Waals surface area contributed by atoms with Crippen LogP contribution in [-0.4, -0.2) is 20.5 Å². The quantitative estimate of drug-likeness (QED) is 0.398. The number of esters is 1. The van der Waals surface area contributed by atoms with Crippen molar-refractivity contribution in [1.29, 1.82) is 0 Å². The van der Waals surface area contributed by atoms with Gasteiger partial charge in [0.25, 0.3) is 0 Å². The number of carbonyl (C=O) groups is 1. The van der Waals surface area contributed by atoms with Gasteiger partial charge in [-0.05, 0) is 34.5 Å². The van der Waals surface area contributed by atoms with E-state index in [-0.39, 0.29) is 12.6 Å². The molecule has 0 amide bonds. The van der Waals surface area contributed by atoms with E-state index < -0.39 is 0 Å². The van der Waals surface area contributed by atoms with Crippen LogP contribution in [-0.2, 0) is 16.1 Å². The molecule has 132 valence electrons. The van der Waals surface area contributed by atoms with Crippen molar-refractivity contribution in [2.45, 2.75) is 6.61 Å². The highest BCUT2D eigenvalue weighted by molar-refractivity contribution is 5.89. The molecule has 0 fully saturated rings. The van der Waals surface area contributed by atoms with Crippen LogP contribution in [0.2, 0.25) is 0 Å². The van der Waals surface area contributed by atoms with Crippen LogP contribution < -0.4 is 0 Å². The van der Waals surface area contributed by atoms with Gasteiger partial charge in [0.05, 0.1) is 0 Å². The van der Waals surface area contributed by atoms with Crippen LogP contribution in [0.15, 0.2) is 85.6 Å². The third-order valence-corrected chi connectivity index (χ3v) is 4.14. The largest absolute Gasteiger partial charge is 0.458 e. The molecule has 5 heteroatoms. The van der Waals surface area contributed by atoms with Crippen LogP contribution in [0.3, 0.4) is 0 Å². The molecule has 2 aromatic heterocycles. The second-order valence-corrected chi connectivity index (χ2v) is 6.04. The van der Waals surface area contributed by atoms with E-state index >= 15 is 0 Å². The molecule has 5 nitrogen and oxygen atoms in total. The van der Waals surface area contributed by atoms with E-state index in [0.717, 1.165) is 22.3 Å². The van der Waals surface area contributed by atoms with Crippen molar-refractivity contribution in [3.63, 3.8) is 0 Å². The van der Waals surface area contributed by atoms with Crippen LogP contribution in [0.1, 0.15) is 11.1 Å². The summed E-state index contributed by atoms with van der Waals surface area (Å²) >= 11 is 0. The second kappa shape index (κ2) is 7.66. The van der Waals surface area contributed by atoms with Gasteiger partial charge < -0.3 is 4.74 Å². The van der Waals surface area contributed by atoms with Crippen molar-refractivity contribution in [2.75, 3.05) is 0 Å². The van der Waals surface area contributed by atoms with Gasteiger partial charge in [-0.15, -0.1) is 0 Å². The Bertz CT molecular complexity index is 1080. The number of nitrogens with zero attached hydrogens (tertiary/aromatic N) is 3. The summed E-state index contributed by atoms with van der Waals surface area (Å²) in [5, 5.41) is 2.31. The van der Waals surface area contributed by atoms with Crippen molar-refractivity contribution in [2.24, 2.45) is 0 Å². The molecular weight excluding hydrogens is 338 g/mol. The Hall–Kier alpha value is -3.73. The monoisotopic (exact) mass is 355 g/mol. The molecule has 0 bridgehead atoms. The Morgan fingerprint density at radius 3 is 2.74 bits per heavy atom. The van der Waals surface area contributed by atoms with Crippen molar-refractivity contribution < 1.29 is 9.53 Å². The molecule has 0 aliphatic heterocycles. The Morgan fingerprint density at radius 1 is 1.07 bits per heavy atom. The molecule has 0 atom stereocenters. The van der Waals surface area contributed by atoms with Crippen molar-refractivity contribution >= 4 is 22.8 Å². The van der Waals surface area contributed by atoms with E-state index in [0.29, 0.717) is 0 Å². The predicted octanol–water partition coefficient (Wildman–Crippen LogP) is 4.18. The first-order valence-electron chi connectivity index (χ1n) is 8.55. The molecule has 4 rings (SSSR count). The lowest BCUT2D eigenvalue weighted by Gasteiger charge is -2.04. The summed E-state index contributed by atoms with van der Waals surface area (Å²) in [4.78, 5) is 20.3. The molecule has 0 saturated carbocycles. The van der Waals surface area contributed by atoms with E-state index in [1.807, 2.05) is 59.3 Å². The second-order valence-electron chi connectivity index (χ2n) is 6.04. The van der Waals surface area contributed by atoms with Crippen LogP contribution in [0.4, 0.5) is 0 Å². The normalized spacial score (nSPS) is 11.1. The van der Waals surface area contributed by atoms with Gasteiger partial charge in [0.2, 0.25) is 0 Å². The van der Waals surface area contributed by atoms with E-state index in [2.05, 4.69) is 16.0 Å². The first-order chi connectivity index (χ1) is 13.3.